The van der Waals surface area contributed by atoms with Crippen molar-refractivity contribution in [1.82, 2.24) is 0 Å². The van der Waals surface area contributed by atoms with Crippen molar-refractivity contribution in [3.63, 3.8) is 0 Å². The van der Waals surface area contributed by atoms with E-state index in [1.54, 1.807) is 0 Å². The second-order valence-electron chi connectivity index (χ2n) is 3.48. The minimum absolute atomic E-state index is 0.459. The van der Waals surface area contributed by atoms with Gasteiger partial charge in [0.15, 0.2) is 0 Å². The highest BCUT2D eigenvalue weighted by atomic mass is 32.2. The molecule has 1 aromatic rings. The molecule has 90 valence electrons. The van der Waals surface area contributed by atoms with Crippen molar-refractivity contribution in [2.24, 2.45) is 5.73 Å². The summed E-state index contributed by atoms with van der Waals surface area (Å²) in [4.78, 5) is 0. The Morgan fingerprint density at radius 2 is 1.69 bits per heavy atom. The van der Waals surface area contributed by atoms with Gasteiger partial charge in [-0.2, -0.15) is 0 Å². The van der Waals surface area contributed by atoms with E-state index in [1.165, 1.54) is 0 Å². The molecule has 0 fully saturated rings. The summed E-state index contributed by atoms with van der Waals surface area (Å²) >= 11 is 0. The minimum atomic E-state index is -3.47. The number of hydrogen-bond acceptors (Lipinski definition) is 3. The summed E-state index contributed by atoms with van der Waals surface area (Å²) in [5.74, 6) is -4.06. The Morgan fingerprint density at radius 1 is 1.25 bits per heavy atom. The maximum absolute atomic E-state index is 13.2. The Balaban J connectivity index is 3.14. The first-order chi connectivity index (χ1) is 7.20. The second kappa shape index (κ2) is 4.42. The molecule has 2 N–H and O–H groups in total. The number of rotatable bonds is 3. The first-order valence-electron chi connectivity index (χ1n) is 4.28. The van der Waals surface area contributed by atoms with Crippen LogP contribution in [-0.2, 0) is 9.84 Å². The molecule has 3 nitrogen and oxygen atoms in total. The zero-order valence-corrected chi connectivity index (χ0v) is 9.19. The molecule has 0 aliphatic carbocycles. The van der Waals surface area contributed by atoms with Gasteiger partial charge in [-0.05, 0) is 0 Å². The molecule has 1 atom stereocenters. The van der Waals surface area contributed by atoms with Gasteiger partial charge in [-0.3, -0.25) is 0 Å². The SMILES string of the molecule is CS(=O)(=O)CC(N)c1c(F)cc(F)cc1F. The molecule has 0 aliphatic heterocycles. The van der Waals surface area contributed by atoms with Crippen molar-refractivity contribution in [3.8, 4) is 0 Å². The summed E-state index contributed by atoms with van der Waals surface area (Å²) < 4.78 is 60.7. The Bertz CT molecular complexity index is 478. The van der Waals surface area contributed by atoms with Crippen LogP contribution < -0.4 is 5.73 Å². The first-order valence-corrected chi connectivity index (χ1v) is 6.34. The lowest BCUT2D eigenvalue weighted by molar-refractivity contribution is 0.509. The van der Waals surface area contributed by atoms with Gasteiger partial charge in [0.05, 0.1) is 5.75 Å². The van der Waals surface area contributed by atoms with Gasteiger partial charge in [0.2, 0.25) is 0 Å². The molecule has 0 spiro atoms. The summed E-state index contributed by atoms with van der Waals surface area (Å²) in [6.07, 6.45) is 0.895. The van der Waals surface area contributed by atoms with E-state index in [1.807, 2.05) is 0 Å². The largest absolute Gasteiger partial charge is 0.323 e. The predicted molar refractivity (Wildman–Crippen MR) is 53.0 cm³/mol. The summed E-state index contributed by atoms with van der Waals surface area (Å²) in [5.41, 5.74) is 4.73. The van der Waals surface area contributed by atoms with Crippen LogP contribution in [0.5, 0.6) is 0 Å². The average molecular weight is 253 g/mol. The highest BCUT2D eigenvalue weighted by Crippen LogP contribution is 2.21. The van der Waals surface area contributed by atoms with Gasteiger partial charge < -0.3 is 5.73 Å². The molecule has 0 amide bonds. The topological polar surface area (TPSA) is 60.2 Å². The van der Waals surface area contributed by atoms with Crippen molar-refractivity contribution in [1.29, 1.82) is 0 Å². The minimum Gasteiger partial charge on any atom is -0.323 e. The lowest BCUT2D eigenvalue weighted by Crippen LogP contribution is -2.23. The van der Waals surface area contributed by atoms with E-state index in [2.05, 4.69) is 0 Å². The van der Waals surface area contributed by atoms with Gasteiger partial charge in [0.25, 0.3) is 0 Å². The maximum Gasteiger partial charge on any atom is 0.149 e. The first kappa shape index (κ1) is 13.0. The summed E-state index contributed by atoms with van der Waals surface area (Å²) in [5, 5.41) is 0. The molecule has 1 aromatic carbocycles. The fourth-order valence-corrected chi connectivity index (χ4v) is 2.14. The van der Waals surface area contributed by atoms with E-state index in [4.69, 9.17) is 5.73 Å². The van der Waals surface area contributed by atoms with Crippen LogP contribution in [0.1, 0.15) is 11.6 Å². The third-order valence-electron chi connectivity index (χ3n) is 1.90. The van der Waals surface area contributed by atoms with E-state index in [9.17, 15) is 21.6 Å². The fraction of sp³-hybridized carbons (Fsp3) is 0.333. The van der Waals surface area contributed by atoms with Crippen LogP contribution in [0.15, 0.2) is 12.1 Å². The van der Waals surface area contributed by atoms with E-state index in [0.717, 1.165) is 6.26 Å². The van der Waals surface area contributed by atoms with Gasteiger partial charge in [0, 0.05) is 30.0 Å². The third kappa shape index (κ3) is 3.21. The van der Waals surface area contributed by atoms with Crippen LogP contribution in [0.25, 0.3) is 0 Å². The normalized spacial score (nSPS) is 13.8. The van der Waals surface area contributed by atoms with Gasteiger partial charge in [-0.15, -0.1) is 0 Å². The quantitative estimate of drug-likeness (QED) is 0.879. The number of halogens is 3. The van der Waals surface area contributed by atoms with Crippen molar-refractivity contribution in [3.05, 3.63) is 35.1 Å². The highest BCUT2D eigenvalue weighted by molar-refractivity contribution is 7.90. The second-order valence-corrected chi connectivity index (χ2v) is 5.67. The zero-order valence-electron chi connectivity index (χ0n) is 8.38. The van der Waals surface area contributed by atoms with Gasteiger partial charge >= 0.3 is 0 Å². The fourth-order valence-electron chi connectivity index (χ4n) is 1.32. The van der Waals surface area contributed by atoms with Gasteiger partial charge in [0.1, 0.15) is 27.3 Å². The van der Waals surface area contributed by atoms with Crippen LogP contribution in [-0.4, -0.2) is 20.4 Å². The molecule has 0 aromatic heterocycles. The highest BCUT2D eigenvalue weighted by Gasteiger charge is 2.21. The van der Waals surface area contributed by atoms with Crippen LogP contribution in [0.4, 0.5) is 13.2 Å². The van der Waals surface area contributed by atoms with Crippen LogP contribution in [0.3, 0.4) is 0 Å². The Hall–Kier alpha value is -1.08. The van der Waals surface area contributed by atoms with Crippen molar-refractivity contribution >= 4 is 9.84 Å². The van der Waals surface area contributed by atoms with Crippen molar-refractivity contribution in [2.45, 2.75) is 6.04 Å². The zero-order chi connectivity index (χ0) is 12.5. The number of nitrogens with two attached hydrogens (primary N) is 1. The van der Waals surface area contributed by atoms with Crippen LogP contribution >= 0.6 is 0 Å². The molecule has 0 aliphatic rings. The summed E-state index contributed by atoms with van der Waals surface area (Å²) in [6.45, 7) is 0. The Morgan fingerprint density at radius 3 is 2.06 bits per heavy atom. The van der Waals surface area contributed by atoms with Crippen LogP contribution in [0, 0.1) is 17.5 Å². The molecule has 1 rings (SSSR count). The van der Waals surface area contributed by atoms with Crippen molar-refractivity contribution < 1.29 is 21.6 Å². The molecular formula is C9H10F3NO2S. The summed E-state index contributed by atoms with van der Waals surface area (Å²) in [7, 11) is -3.47. The maximum atomic E-state index is 13.2. The smallest absolute Gasteiger partial charge is 0.149 e. The summed E-state index contributed by atoms with van der Waals surface area (Å²) in [6, 6.07) is -0.434. The molecule has 16 heavy (non-hydrogen) atoms. The molecule has 7 heteroatoms. The van der Waals surface area contributed by atoms with Gasteiger partial charge in [-0.1, -0.05) is 0 Å². The monoisotopic (exact) mass is 253 g/mol. The van der Waals surface area contributed by atoms with E-state index in [-0.39, 0.29) is 0 Å². The Labute approximate surface area is 91.0 Å². The number of sulfone groups is 1. The molecule has 1 unspecified atom stereocenters. The van der Waals surface area contributed by atoms with E-state index >= 15 is 0 Å². The number of hydrogen-bond donors (Lipinski definition) is 1. The van der Waals surface area contributed by atoms with E-state index < -0.39 is 44.6 Å². The number of benzene rings is 1. The lowest BCUT2D eigenvalue weighted by Gasteiger charge is -2.12. The van der Waals surface area contributed by atoms with Crippen molar-refractivity contribution in [2.75, 3.05) is 12.0 Å². The molecule has 0 heterocycles. The molecule has 0 bridgehead atoms. The van der Waals surface area contributed by atoms with Crippen LogP contribution in [0.2, 0.25) is 0 Å². The Kier molecular flexibility index (Phi) is 3.59. The predicted octanol–water partition coefficient (Wildman–Crippen LogP) is 1.15. The molecule has 0 saturated heterocycles. The molecular weight excluding hydrogens is 243 g/mol. The third-order valence-corrected chi connectivity index (χ3v) is 2.86. The standard InChI is InChI=1S/C9H10F3NO2S/c1-16(14,15)4-8(13)9-6(11)2-5(10)3-7(9)12/h2-3,8H,4,13H2,1H3. The molecule has 0 radical (unpaired) electrons. The van der Waals surface area contributed by atoms with Gasteiger partial charge in [-0.25, -0.2) is 21.6 Å². The average Bonchev–Trinajstić information content (AvgIpc) is 1.96. The lowest BCUT2D eigenvalue weighted by atomic mass is 10.1. The molecule has 0 saturated carbocycles. The van der Waals surface area contributed by atoms with E-state index in [0.29, 0.717) is 12.1 Å².